The number of imidazole rings is 1. The highest BCUT2D eigenvalue weighted by Gasteiger charge is 2.12. The Labute approximate surface area is 132 Å². The fraction of sp³-hybridized carbons (Fsp3) is 0.0714. The molecule has 3 nitrogen and oxygen atoms in total. The van der Waals surface area contributed by atoms with Gasteiger partial charge in [0.25, 0.3) is 0 Å². The number of benzene rings is 1. The standard InChI is InChI=1S/C14H10BrIN2O/c15-9-12-14(17-13-6-1-2-7-18(12)13)19-11-5-3-4-10(16)8-11/h1-8H,9H2. The number of fused-ring (bicyclic) bond motifs is 1. The van der Waals surface area contributed by atoms with Crippen molar-refractivity contribution in [2.75, 3.05) is 0 Å². The lowest BCUT2D eigenvalue weighted by Crippen LogP contribution is -1.91. The summed E-state index contributed by atoms with van der Waals surface area (Å²) in [7, 11) is 0. The van der Waals surface area contributed by atoms with Gasteiger partial charge < -0.3 is 4.74 Å². The molecular weight excluding hydrogens is 419 g/mol. The van der Waals surface area contributed by atoms with Crippen LogP contribution in [-0.2, 0) is 5.33 Å². The number of nitrogens with zero attached hydrogens (tertiary/aromatic N) is 2. The molecular formula is C14H10BrIN2O. The van der Waals surface area contributed by atoms with Crippen LogP contribution in [-0.4, -0.2) is 9.38 Å². The minimum Gasteiger partial charge on any atom is -0.437 e. The van der Waals surface area contributed by atoms with E-state index < -0.39 is 0 Å². The van der Waals surface area contributed by atoms with Gasteiger partial charge in [0.1, 0.15) is 11.4 Å². The van der Waals surface area contributed by atoms with Crippen molar-refractivity contribution in [1.29, 1.82) is 0 Å². The van der Waals surface area contributed by atoms with Crippen LogP contribution < -0.4 is 4.74 Å². The zero-order valence-electron chi connectivity index (χ0n) is 9.88. The molecule has 96 valence electrons. The van der Waals surface area contributed by atoms with Crippen LogP contribution in [0.3, 0.4) is 0 Å². The summed E-state index contributed by atoms with van der Waals surface area (Å²) in [4.78, 5) is 4.52. The molecule has 2 aromatic heterocycles. The van der Waals surface area contributed by atoms with E-state index >= 15 is 0 Å². The van der Waals surface area contributed by atoms with Crippen molar-refractivity contribution in [3.63, 3.8) is 0 Å². The van der Waals surface area contributed by atoms with Gasteiger partial charge in [0.15, 0.2) is 0 Å². The van der Waals surface area contributed by atoms with Gasteiger partial charge in [0.2, 0.25) is 5.88 Å². The van der Waals surface area contributed by atoms with E-state index in [1.54, 1.807) is 0 Å². The second kappa shape index (κ2) is 5.50. The van der Waals surface area contributed by atoms with Crippen LogP contribution in [0.4, 0.5) is 0 Å². The van der Waals surface area contributed by atoms with Crippen LogP contribution in [0.2, 0.25) is 0 Å². The second-order valence-corrected chi connectivity index (χ2v) is 5.79. The summed E-state index contributed by atoms with van der Waals surface area (Å²) in [5.41, 5.74) is 1.90. The number of halogens is 2. The summed E-state index contributed by atoms with van der Waals surface area (Å²) in [6.45, 7) is 0. The van der Waals surface area contributed by atoms with Gasteiger partial charge in [-0.1, -0.05) is 28.1 Å². The van der Waals surface area contributed by atoms with Crippen LogP contribution in [0.1, 0.15) is 5.69 Å². The highest BCUT2D eigenvalue weighted by Crippen LogP contribution is 2.28. The smallest absolute Gasteiger partial charge is 0.242 e. The fourth-order valence-corrected chi connectivity index (χ4v) is 2.89. The van der Waals surface area contributed by atoms with E-state index in [-0.39, 0.29) is 0 Å². The molecule has 0 N–H and O–H groups in total. The zero-order valence-corrected chi connectivity index (χ0v) is 13.6. The normalized spacial score (nSPS) is 10.8. The van der Waals surface area contributed by atoms with Crippen molar-refractivity contribution in [2.24, 2.45) is 0 Å². The van der Waals surface area contributed by atoms with Gasteiger partial charge in [0.05, 0.1) is 5.69 Å². The summed E-state index contributed by atoms with van der Waals surface area (Å²) in [5.74, 6) is 1.45. The Hall–Kier alpha value is -1.08. The minimum absolute atomic E-state index is 0.644. The Kier molecular flexibility index (Phi) is 3.74. The summed E-state index contributed by atoms with van der Waals surface area (Å²) < 4.78 is 9.06. The van der Waals surface area contributed by atoms with Gasteiger partial charge in [-0.05, 0) is 52.9 Å². The van der Waals surface area contributed by atoms with Gasteiger partial charge in [-0.15, -0.1) is 0 Å². The van der Waals surface area contributed by atoms with E-state index in [4.69, 9.17) is 4.74 Å². The lowest BCUT2D eigenvalue weighted by Gasteiger charge is -2.04. The Morgan fingerprint density at radius 1 is 1.21 bits per heavy atom. The van der Waals surface area contributed by atoms with Crippen molar-refractivity contribution < 1.29 is 4.74 Å². The third-order valence-corrected chi connectivity index (χ3v) is 3.93. The minimum atomic E-state index is 0.644. The molecule has 5 heteroatoms. The van der Waals surface area contributed by atoms with Gasteiger partial charge in [-0.3, -0.25) is 4.40 Å². The van der Waals surface area contributed by atoms with Gasteiger partial charge in [-0.2, -0.15) is 4.98 Å². The number of rotatable bonds is 3. The molecule has 2 heterocycles. The number of ether oxygens (including phenoxy) is 1. The molecule has 0 unspecified atom stereocenters. The van der Waals surface area contributed by atoms with E-state index in [2.05, 4.69) is 43.5 Å². The number of aromatic nitrogens is 2. The molecule has 0 atom stereocenters. The molecule has 19 heavy (non-hydrogen) atoms. The van der Waals surface area contributed by atoms with Gasteiger partial charge >= 0.3 is 0 Å². The molecule has 0 saturated carbocycles. The van der Waals surface area contributed by atoms with E-state index in [0.717, 1.165) is 20.7 Å². The van der Waals surface area contributed by atoms with Crippen molar-refractivity contribution in [1.82, 2.24) is 9.38 Å². The lowest BCUT2D eigenvalue weighted by atomic mass is 10.3. The maximum absolute atomic E-state index is 5.90. The third-order valence-electron chi connectivity index (χ3n) is 2.73. The first kappa shape index (κ1) is 12.9. The van der Waals surface area contributed by atoms with E-state index in [0.29, 0.717) is 11.2 Å². The van der Waals surface area contributed by atoms with Crippen LogP contribution in [0.5, 0.6) is 11.6 Å². The first-order chi connectivity index (χ1) is 9.28. The maximum atomic E-state index is 5.90. The predicted molar refractivity (Wildman–Crippen MR) is 87.1 cm³/mol. The molecule has 0 radical (unpaired) electrons. The van der Waals surface area contributed by atoms with Crippen LogP contribution in [0.15, 0.2) is 48.7 Å². The topological polar surface area (TPSA) is 26.5 Å². The molecule has 0 aliphatic carbocycles. The summed E-state index contributed by atoms with van der Waals surface area (Å²) in [6, 6.07) is 13.8. The zero-order chi connectivity index (χ0) is 13.2. The predicted octanol–water partition coefficient (Wildman–Crippen LogP) is 4.63. The average molecular weight is 429 g/mol. The molecule has 3 aromatic rings. The SMILES string of the molecule is BrCc1c(Oc2cccc(I)c2)nc2ccccn12. The monoisotopic (exact) mass is 428 g/mol. The largest absolute Gasteiger partial charge is 0.437 e. The van der Waals surface area contributed by atoms with Crippen molar-refractivity contribution in [3.05, 3.63) is 57.9 Å². The Morgan fingerprint density at radius 3 is 2.89 bits per heavy atom. The molecule has 1 aromatic carbocycles. The Balaban J connectivity index is 2.05. The number of hydrogen-bond acceptors (Lipinski definition) is 2. The van der Waals surface area contributed by atoms with E-state index in [9.17, 15) is 0 Å². The van der Waals surface area contributed by atoms with Crippen LogP contribution in [0.25, 0.3) is 5.65 Å². The Bertz CT molecular complexity index is 726. The fourth-order valence-electron chi connectivity index (χ4n) is 1.87. The summed E-state index contributed by atoms with van der Waals surface area (Å²) >= 11 is 5.76. The van der Waals surface area contributed by atoms with Crippen LogP contribution >= 0.6 is 38.5 Å². The molecule has 3 rings (SSSR count). The van der Waals surface area contributed by atoms with Crippen molar-refractivity contribution >= 4 is 44.2 Å². The molecule has 0 bridgehead atoms. The number of alkyl halides is 1. The van der Waals surface area contributed by atoms with Crippen molar-refractivity contribution in [3.8, 4) is 11.6 Å². The number of pyridine rings is 1. The first-order valence-electron chi connectivity index (χ1n) is 5.73. The quantitative estimate of drug-likeness (QED) is 0.449. The van der Waals surface area contributed by atoms with Crippen LogP contribution in [0, 0.1) is 3.57 Å². The average Bonchev–Trinajstić information content (AvgIpc) is 2.75. The highest BCUT2D eigenvalue weighted by molar-refractivity contribution is 14.1. The third kappa shape index (κ3) is 2.62. The molecule has 0 aliphatic rings. The maximum Gasteiger partial charge on any atom is 0.242 e. The summed E-state index contributed by atoms with van der Waals surface area (Å²) in [5, 5.41) is 0.692. The number of hydrogen-bond donors (Lipinski definition) is 0. The second-order valence-electron chi connectivity index (χ2n) is 3.99. The Morgan fingerprint density at radius 2 is 2.11 bits per heavy atom. The molecule has 0 spiro atoms. The lowest BCUT2D eigenvalue weighted by molar-refractivity contribution is 0.461. The summed E-state index contributed by atoms with van der Waals surface area (Å²) in [6.07, 6.45) is 1.99. The van der Waals surface area contributed by atoms with E-state index in [1.165, 1.54) is 0 Å². The molecule has 0 fully saturated rings. The highest BCUT2D eigenvalue weighted by atomic mass is 127. The van der Waals surface area contributed by atoms with Crippen molar-refractivity contribution in [2.45, 2.75) is 5.33 Å². The molecule has 0 aliphatic heterocycles. The molecule has 0 amide bonds. The van der Waals surface area contributed by atoms with Gasteiger partial charge in [-0.25, -0.2) is 0 Å². The van der Waals surface area contributed by atoms with E-state index in [1.807, 2.05) is 53.1 Å². The van der Waals surface area contributed by atoms with Gasteiger partial charge in [0, 0.05) is 15.1 Å². The first-order valence-corrected chi connectivity index (χ1v) is 7.93. The molecule has 0 saturated heterocycles.